The summed E-state index contributed by atoms with van der Waals surface area (Å²) >= 11 is 0. The SMILES string of the molecule is Cc1ccc([N+](=O)[O-])cc1-c1cc(F)nc(N2CCOCC2)c1. The Bertz CT molecular complexity index is 745. The van der Waals surface area contributed by atoms with Crippen LogP contribution >= 0.6 is 0 Å². The summed E-state index contributed by atoms with van der Waals surface area (Å²) in [7, 11) is 0. The van der Waals surface area contributed by atoms with Gasteiger partial charge in [-0.2, -0.15) is 4.39 Å². The second-order valence-corrected chi connectivity index (χ2v) is 5.39. The van der Waals surface area contributed by atoms with Gasteiger partial charge in [0.25, 0.3) is 5.69 Å². The summed E-state index contributed by atoms with van der Waals surface area (Å²) in [5.74, 6) is -0.0795. The van der Waals surface area contributed by atoms with Crippen molar-refractivity contribution in [1.82, 2.24) is 4.98 Å². The average Bonchev–Trinajstić information content (AvgIpc) is 2.55. The fourth-order valence-electron chi connectivity index (χ4n) is 2.63. The molecular formula is C16H16FN3O3. The van der Waals surface area contributed by atoms with Gasteiger partial charge in [-0.1, -0.05) is 6.07 Å². The molecule has 7 heteroatoms. The van der Waals surface area contributed by atoms with Gasteiger partial charge in [-0.3, -0.25) is 10.1 Å². The lowest BCUT2D eigenvalue weighted by molar-refractivity contribution is -0.384. The molecule has 6 nitrogen and oxygen atoms in total. The minimum absolute atomic E-state index is 0.0178. The molecule has 2 aromatic rings. The zero-order chi connectivity index (χ0) is 16.4. The van der Waals surface area contributed by atoms with Gasteiger partial charge in [0.1, 0.15) is 5.82 Å². The number of aryl methyl sites for hydroxylation is 1. The minimum atomic E-state index is -0.602. The van der Waals surface area contributed by atoms with Gasteiger partial charge in [-0.05, 0) is 29.7 Å². The van der Waals surface area contributed by atoms with E-state index in [1.165, 1.54) is 18.2 Å². The third-order valence-corrected chi connectivity index (χ3v) is 3.86. The van der Waals surface area contributed by atoms with E-state index in [4.69, 9.17) is 4.74 Å². The molecule has 0 bridgehead atoms. The summed E-state index contributed by atoms with van der Waals surface area (Å²) in [5, 5.41) is 11.0. The number of aromatic nitrogens is 1. The van der Waals surface area contributed by atoms with Crippen LogP contribution in [0.1, 0.15) is 5.56 Å². The molecule has 1 aromatic heterocycles. The molecule has 23 heavy (non-hydrogen) atoms. The summed E-state index contributed by atoms with van der Waals surface area (Å²) in [5.41, 5.74) is 2.04. The number of morpholine rings is 1. The largest absolute Gasteiger partial charge is 0.378 e. The monoisotopic (exact) mass is 317 g/mol. The zero-order valence-corrected chi connectivity index (χ0v) is 12.7. The van der Waals surface area contributed by atoms with Gasteiger partial charge >= 0.3 is 0 Å². The fraction of sp³-hybridized carbons (Fsp3) is 0.312. The lowest BCUT2D eigenvalue weighted by atomic mass is 10.0. The number of pyridine rings is 1. The second-order valence-electron chi connectivity index (χ2n) is 5.39. The highest BCUT2D eigenvalue weighted by molar-refractivity contribution is 5.72. The molecule has 2 heterocycles. The maximum Gasteiger partial charge on any atom is 0.270 e. The van der Waals surface area contributed by atoms with Crippen LogP contribution in [-0.4, -0.2) is 36.2 Å². The number of hydrogen-bond acceptors (Lipinski definition) is 5. The van der Waals surface area contributed by atoms with Crippen LogP contribution in [-0.2, 0) is 4.74 Å². The maximum absolute atomic E-state index is 14.0. The number of anilines is 1. The molecule has 1 aliphatic heterocycles. The van der Waals surface area contributed by atoms with Crippen LogP contribution in [0.4, 0.5) is 15.9 Å². The third-order valence-electron chi connectivity index (χ3n) is 3.86. The Balaban J connectivity index is 2.04. The van der Waals surface area contributed by atoms with E-state index in [0.29, 0.717) is 43.2 Å². The van der Waals surface area contributed by atoms with Crippen molar-refractivity contribution in [1.29, 1.82) is 0 Å². The number of nitrogens with zero attached hydrogens (tertiary/aromatic N) is 3. The number of hydrogen-bond donors (Lipinski definition) is 0. The summed E-state index contributed by atoms with van der Waals surface area (Å²) in [4.78, 5) is 16.4. The van der Waals surface area contributed by atoms with Crippen LogP contribution in [0.2, 0.25) is 0 Å². The predicted octanol–water partition coefficient (Wildman–Crippen LogP) is 2.94. The Morgan fingerprint density at radius 1 is 1.26 bits per heavy atom. The molecule has 1 fully saturated rings. The van der Waals surface area contributed by atoms with E-state index in [1.54, 1.807) is 12.1 Å². The second kappa shape index (κ2) is 6.29. The Labute approximate surface area is 132 Å². The van der Waals surface area contributed by atoms with Crippen molar-refractivity contribution < 1.29 is 14.1 Å². The Kier molecular flexibility index (Phi) is 4.20. The van der Waals surface area contributed by atoms with Gasteiger partial charge in [0.05, 0.1) is 18.1 Å². The van der Waals surface area contributed by atoms with Crippen LogP contribution in [0.25, 0.3) is 11.1 Å². The van der Waals surface area contributed by atoms with Crippen LogP contribution < -0.4 is 4.90 Å². The van der Waals surface area contributed by atoms with Crippen LogP contribution in [0.5, 0.6) is 0 Å². The zero-order valence-electron chi connectivity index (χ0n) is 12.7. The first-order chi connectivity index (χ1) is 11.0. The highest BCUT2D eigenvalue weighted by Gasteiger charge is 2.17. The number of benzene rings is 1. The van der Waals surface area contributed by atoms with E-state index < -0.39 is 10.9 Å². The first-order valence-electron chi connectivity index (χ1n) is 7.30. The quantitative estimate of drug-likeness (QED) is 0.494. The summed E-state index contributed by atoms with van der Waals surface area (Å²) in [6.45, 7) is 4.27. The average molecular weight is 317 g/mol. The van der Waals surface area contributed by atoms with E-state index in [9.17, 15) is 14.5 Å². The van der Waals surface area contributed by atoms with Crippen LogP contribution in [0.15, 0.2) is 30.3 Å². The normalized spacial score (nSPS) is 14.8. The first kappa shape index (κ1) is 15.4. The molecular weight excluding hydrogens is 301 g/mol. The molecule has 1 saturated heterocycles. The van der Waals surface area contributed by atoms with Crippen molar-refractivity contribution >= 4 is 11.5 Å². The molecule has 0 N–H and O–H groups in total. The number of nitro benzene ring substituents is 1. The number of halogens is 1. The Morgan fingerprint density at radius 3 is 2.70 bits per heavy atom. The Morgan fingerprint density at radius 2 is 2.00 bits per heavy atom. The van der Waals surface area contributed by atoms with Crippen molar-refractivity contribution in [3.63, 3.8) is 0 Å². The molecule has 1 aliphatic rings. The fourth-order valence-corrected chi connectivity index (χ4v) is 2.63. The van der Waals surface area contributed by atoms with E-state index in [-0.39, 0.29) is 5.69 Å². The maximum atomic E-state index is 14.0. The minimum Gasteiger partial charge on any atom is -0.378 e. The van der Waals surface area contributed by atoms with Gasteiger partial charge < -0.3 is 9.64 Å². The standard InChI is InChI=1S/C16H16FN3O3/c1-11-2-3-13(20(21)22)10-14(11)12-8-15(17)18-16(9-12)19-4-6-23-7-5-19/h2-3,8-10H,4-7H2,1H3. The van der Waals surface area contributed by atoms with Gasteiger partial charge in [-0.25, -0.2) is 4.98 Å². The third kappa shape index (κ3) is 3.29. The smallest absolute Gasteiger partial charge is 0.270 e. The topological polar surface area (TPSA) is 68.5 Å². The summed E-state index contributed by atoms with van der Waals surface area (Å²) < 4.78 is 19.2. The van der Waals surface area contributed by atoms with E-state index >= 15 is 0 Å². The molecule has 1 aromatic carbocycles. The molecule has 0 aliphatic carbocycles. The van der Waals surface area contributed by atoms with Crippen molar-refractivity contribution in [2.75, 3.05) is 31.2 Å². The van der Waals surface area contributed by atoms with Gasteiger partial charge in [0.2, 0.25) is 5.95 Å². The van der Waals surface area contributed by atoms with E-state index in [2.05, 4.69) is 4.98 Å². The van der Waals surface area contributed by atoms with Gasteiger partial charge in [-0.15, -0.1) is 0 Å². The molecule has 0 unspecified atom stereocenters. The highest BCUT2D eigenvalue weighted by atomic mass is 19.1. The van der Waals surface area contributed by atoms with Crippen molar-refractivity contribution in [2.24, 2.45) is 0 Å². The number of nitro groups is 1. The summed E-state index contributed by atoms with van der Waals surface area (Å²) in [6.07, 6.45) is 0. The van der Waals surface area contributed by atoms with Gasteiger partial charge in [0, 0.05) is 31.3 Å². The molecule has 0 amide bonds. The highest BCUT2D eigenvalue weighted by Crippen LogP contribution is 2.30. The predicted molar refractivity (Wildman–Crippen MR) is 84.1 cm³/mol. The molecule has 0 radical (unpaired) electrons. The van der Waals surface area contributed by atoms with Crippen molar-refractivity contribution in [3.05, 3.63) is 52.0 Å². The van der Waals surface area contributed by atoms with Crippen molar-refractivity contribution in [2.45, 2.75) is 6.92 Å². The van der Waals surface area contributed by atoms with E-state index in [0.717, 1.165) is 5.56 Å². The molecule has 3 rings (SSSR count). The number of non-ortho nitro benzene ring substituents is 1. The van der Waals surface area contributed by atoms with Crippen LogP contribution in [0.3, 0.4) is 0 Å². The first-order valence-corrected chi connectivity index (χ1v) is 7.30. The molecule has 120 valence electrons. The van der Waals surface area contributed by atoms with Crippen LogP contribution in [0, 0.1) is 23.0 Å². The molecule has 0 saturated carbocycles. The number of rotatable bonds is 3. The lowest BCUT2D eigenvalue weighted by Crippen LogP contribution is -2.36. The summed E-state index contributed by atoms with van der Waals surface area (Å²) in [6, 6.07) is 7.64. The van der Waals surface area contributed by atoms with Crippen molar-refractivity contribution in [3.8, 4) is 11.1 Å². The van der Waals surface area contributed by atoms with Gasteiger partial charge in [0.15, 0.2) is 0 Å². The lowest BCUT2D eigenvalue weighted by Gasteiger charge is -2.28. The van der Waals surface area contributed by atoms with E-state index in [1.807, 2.05) is 11.8 Å². The Hall–Kier alpha value is -2.54. The molecule has 0 atom stereocenters. The number of ether oxygens (including phenoxy) is 1. The molecule has 0 spiro atoms.